The van der Waals surface area contributed by atoms with Crippen molar-refractivity contribution in [3.05, 3.63) is 0 Å². The normalized spacial score (nSPS) is 11.0. The van der Waals surface area contributed by atoms with Crippen molar-refractivity contribution in [2.75, 3.05) is 26.2 Å². The number of hydrogen-bond donors (Lipinski definition) is 1. The maximum Gasteiger partial charge on any atom is 0.305 e. The van der Waals surface area contributed by atoms with Gasteiger partial charge in [-0.25, -0.2) is 0 Å². The number of rotatable bonds is 11. The Balaban J connectivity index is 3.74. The molecule has 19 heavy (non-hydrogen) atoms. The van der Waals surface area contributed by atoms with E-state index in [0.717, 1.165) is 32.4 Å². The number of nitrogens with two attached hydrogens (primary N) is 1. The van der Waals surface area contributed by atoms with Crippen LogP contribution < -0.4 is 5.73 Å². The first-order chi connectivity index (χ1) is 8.95. The Morgan fingerprint density at radius 2 is 1.89 bits per heavy atom. The molecule has 0 radical (unpaired) electrons. The Bertz CT molecular complexity index is 267. The summed E-state index contributed by atoms with van der Waals surface area (Å²) in [7, 11) is 0. The van der Waals surface area contributed by atoms with Crippen LogP contribution in [0, 0.1) is 5.92 Å². The van der Waals surface area contributed by atoms with Crippen molar-refractivity contribution < 1.29 is 14.3 Å². The zero-order chi connectivity index (χ0) is 14.7. The first kappa shape index (κ1) is 17.9. The van der Waals surface area contributed by atoms with E-state index >= 15 is 0 Å². The molecular formula is C14H28N2O3. The van der Waals surface area contributed by atoms with Crippen molar-refractivity contribution in [1.82, 2.24) is 4.90 Å². The van der Waals surface area contributed by atoms with Gasteiger partial charge in [0.05, 0.1) is 13.2 Å². The van der Waals surface area contributed by atoms with Crippen LogP contribution in [0.15, 0.2) is 0 Å². The molecule has 2 N–H and O–H groups in total. The highest BCUT2D eigenvalue weighted by Gasteiger charge is 2.10. The summed E-state index contributed by atoms with van der Waals surface area (Å²) in [5.74, 6) is 0.102. The SMILES string of the molecule is CCOC(=O)CCCCCN(CC(N)=O)CC(C)C. The number of primary amides is 1. The zero-order valence-electron chi connectivity index (χ0n) is 12.5. The summed E-state index contributed by atoms with van der Waals surface area (Å²) in [6.07, 6.45) is 3.25. The largest absolute Gasteiger partial charge is 0.466 e. The molecule has 0 aliphatic heterocycles. The average molecular weight is 272 g/mol. The number of ether oxygens (including phenoxy) is 1. The smallest absolute Gasteiger partial charge is 0.305 e. The van der Waals surface area contributed by atoms with Crippen molar-refractivity contribution in [3.8, 4) is 0 Å². The number of esters is 1. The van der Waals surface area contributed by atoms with Gasteiger partial charge in [0.2, 0.25) is 5.91 Å². The van der Waals surface area contributed by atoms with Crippen LogP contribution in [-0.2, 0) is 14.3 Å². The van der Waals surface area contributed by atoms with Crippen LogP contribution in [0.2, 0.25) is 0 Å². The van der Waals surface area contributed by atoms with Gasteiger partial charge in [0, 0.05) is 13.0 Å². The summed E-state index contributed by atoms with van der Waals surface area (Å²) in [6, 6.07) is 0. The van der Waals surface area contributed by atoms with Gasteiger partial charge in [0.15, 0.2) is 0 Å². The molecule has 5 heteroatoms. The van der Waals surface area contributed by atoms with Crippen LogP contribution in [0.1, 0.15) is 46.5 Å². The quantitative estimate of drug-likeness (QED) is 0.457. The molecular weight excluding hydrogens is 244 g/mol. The van der Waals surface area contributed by atoms with Gasteiger partial charge >= 0.3 is 5.97 Å². The van der Waals surface area contributed by atoms with Crippen molar-refractivity contribution in [3.63, 3.8) is 0 Å². The van der Waals surface area contributed by atoms with Crippen LogP contribution in [0.5, 0.6) is 0 Å². The summed E-state index contributed by atoms with van der Waals surface area (Å²) < 4.78 is 4.86. The third-order valence-electron chi connectivity index (χ3n) is 2.66. The molecule has 0 unspecified atom stereocenters. The molecule has 5 nitrogen and oxygen atoms in total. The second-order valence-electron chi connectivity index (χ2n) is 5.21. The maximum absolute atomic E-state index is 11.1. The molecule has 112 valence electrons. The Morgan fingerprint density at radius 1 is 1.21 bits per heavy atom. The zero-order valence-corrected chi connectivity index (χ0v) is 12.5. The van der Waals surface area contributed by atoms with Crippen LogP contribution in [0.3, 0.4) is 0 Å². The van der Waals surface area contributed by atoms with Gasteiger partial charge in [-0.2, -0.15) is 0 Å². The summed E-state index contributed by atoms with van der Waals surface area (Å²) >= 11 is 0. The fraction of sp³-hybridized carbons (Fsp3) is 0.857. The molecule has 0 aliphatic carbocycles. The van der Waals surface area contributed by atoms with Gasteiger partial charge < -0.3 is 10.5 Å². The lowest BCUT2D eigenvalue weighted by molar-refractivity contribution is -0.143. The molecule has 0 aliphatic rings. The number of carbonyl (C=O) groups excluding carboxylic acids is 2. The third kappa shape index (κ3) is 11.7. The van der Waals surface area contributed by atoms with Crippen LogP contribution in [0.25, 0.3) is 0 Å². The van der Waals surface area contributed by atoms with E-state index in [2.05, 4.69) is 18.7 Å². The van der Waals surface area contributed by atoms with E-state index in [-0.39, 0.29) is 11.9 Å². The summed E-state index contributed by atoms with van der Waals surface area (Å²) in [6.45, 7) is 8.54. The minimum atomic E-state index is -0.285. The lowest BCUT2D eigenvalue weighted by Crippen LogP contribution is -2.36. The highest BCUT2D eigenvalue weighted by molar-refractivity contribution is 5.75. The van der Waals surface area contributed by atoms with Crippen molar-refractivity contribution >= 4 is 11.9 Å². The van der Waals surface area contributed by atoms with Crippen LogP contribution >= 0.6 is 0 Å². The van der Waals surface area contributed by atoms with Crippen molar-refractivity contribution in [2.45, 2.75) is 46.5 Å². The van der Waals surface area contributed by atoms with Gasteiger partial charge in [-0.05, 0) is 32.2 Å². The number of carbonyl (C=O) groups is 2. The number of amides is 1. The van der Waals surface area contributed by atoms with E-state index < -0.39 is 0 Å². The van der Waals surface area contributed by atoms with E-state index in [4.69, 9.17) is 10.5 Å². The van der Waals surface area contributed by atoms with Gasteiger partial charge in [-0.1, -0.05) is 20.3 Å². The second kappa shape index (κ2) is 10.8. The Hall–Kier alpha value is -1.10. The predicted molar refractivity (Wildman–Crippen MR) is 75.6 cm³/mol. The maximum atomic E-state index is 11.1. The Kier molecular flexibility index (Phi) is 10.2. The molecule has 0 rings (SSSR count). The molecule has 0 fully saturated rings. The first-order valence-electron chi connectivity index (χ1n) is 7.12. The molecule has 0 heterocycles. The number of hydrogen-bond acceptors (Lipinski definition) is 4. The van der Waals surface area contributed by atoms with Gasteiger partial charge in [-0.15, -0.1) is 0 Å². The minimum absolute atomic E-state index is 0.126. The lowest BCUT2D eigenvalue weighted by Gasteiger charge is -2.22. The molecule has 1 amide bonds. The van der Waals surface area contributed by atoms with Gasteiger partial charge in [0.25, 0.3) is 0 Å². The molecule has 0 aromatic heterocycles. The number of nitrogens with zero attached hydrogens (tertiary/aromatic N) is 1. The highest BCUT2D eigenvalue weighted by atomic mass is 16.5. The fourth-order valence-electron chi connectivity index (χ4n) is 1.99. The van der Waals surface area contributed by atoms with E-state index in [1.54, 1.807) is 0 Å². The summed E-state index contributed by atoms with van der Waals surface area (Å²) in [4.78, 5) is 24.2. The summed E-state index contributed by atoms with van der Waals surface area (Å²) in [5.41, 5.74) is 5.23. The number of unbranched alkanes of at least 4 members (excludes halogenated alkanes) is 2. The minimum Gasteiger partial charge on any atom is -0.466 e. The van der Waals surface area contributed by atoms with Crippen LogP contribution in [0.4, 0.5) is 0 Å². The molecule has 0 saturated heterocycles. The average Bonchev–Trinajstić information content (AvgIpc) is 2.27. The molecule has 0 spiro atoms. The monoisotopic (exact) mass is 272 g/mol. The molecule has 0 saturated carbocycles. The van der Waals surface area contributed by atoms with E-state index in [1.807, 2.05) is 6.92 Å². The Labute approximate surface area is 116 Å². The Morgan fingerprint density at radius 3 is 2.42 bits per heavy atom. The van der Waals surface area contributed by atoms with E-state index in [9.17, 15) is 9.59 Å². The van der Waals surface area contributed by atoms with E-state index in [0.29, 0.717) is 25.5 Å². The highest BCUT2D eigenvalue weighted by Crippen LogP contribution is 2.05. The molecule has 0 bridgehead atoms. The molecule has 0 aromatic rings. The third-order valence-corrected chi connectivity index (χ3v) is 2.66. The topological polar surface area (TPSA) is 72.6 Å². The van der Waals surface area contributed by atoms with Gasteiger partial charge in [-0.3, -0.25) is 14.5 Å². The predicted octanol–water partition coefficient (Wildman–Crippen LogP) is 1.55. The van der Waals surface area contributed by atoms with Gasteiger partial charge in [0.1, 0.15) is 0 Å². The molecule has 0 atom stereocenters. The van der Waals surface area contributed by atoms with E-state index in [1.165, 1.54) is 0 Å². The lowest BCUT2D eigenvalue weighted by atomic mass is 10.1. The standard InChI is InChI=1S/C14H28N2O3/c1-4-19-14(18)8-6-5-7-9-16(10-12(2)3)11-13(15)17/h12H,4-11H2,1-3H3,(H2,15,17). The fourth-order valence-corrected chi connectivity index (χ4v) is 1.99. The summed E-state index contributed by atoms with van der Waals surface area (Å²) in [5, 5.41) is 0. The second-order valence-corrected chi connectivity index (χ2v) is 5.21. The molecule has 0 aromatic carbocycles. The first-order valence-corrected chi connectivity index (χ1v) is 7.12. The van der Waals surface area contributed by atoms with Crippen molar-refractivity contribution in [2.24, 2.45) is 11.7 Å². The van der Waals surface area contributed by atoms with Crippen molar-refractivity contribution in [1.29, 1.82) is 0 Å². The van der Waals surface area contributed by atoms with Crippen LogP contribution in [-0.4, -0.2) is 43.0 Å².